The van der Waals surface area contributed by atoms with Gasteiger partial charge in [-0.25, -0.2) is 9.18 Å². The Morgan fingerprint density at radius 2 is 2.31 bits per heavy atom. The first-order valence-electron chi connectivity index (χ1n) is 5.46. The van der Waals surface area contributed by atoms with Gasteiger partial charge in [-0.1, -0.05) is 6.08 Å². The van der Waals surface area contributed by atoms with E-state index in [4.69, 9.17) is 0 Å². The molecule has 3 nitrogen and oxygen atoms in total. The predicted octanol–water partition coefficient (Wildman–Crippen LogP) is 3.08. The number of ether oxygens (including phenoxy) is 1. The van der Waals surface area contributed by atoms with Crippen LogP contribution in [0, 0.1) is 0 Å². The molecule has 90 valence electrons. The first-order valence-corrected chi connectivity index (χ1v) is 5.46. The van der Waals surface area contributed by atoms with Crippen LogP contribution in [0.1, 0.15) is 33.1 Å². The fourth-order valence-corrected chi connectivity index (χ4v) is 2.09. The minimum absolute atomic E-state index is 0.133. The lowest BCUT2D eigenvalue weighted by Crippen LogP contribution is -2.38. The van der Waals surface area contributed by atoms with E-state index in [9.17, 15) is 9.18 Å². The molecule has 1 atom stereocenters. The predicted molar refractivity (Wildman–Crippen MR) is 60.7 cm³/mol. The molecule has 16 heavy (non-hydrogen) atoms. The van der Waals surface area contributed by atoms with E-state index < -0.39 is 6.09 Å². The van der Waals surface area contributed by atoms with Crippen LogP contribution >= 0.6 is 0 Å². The molecule has 1 fully saturated rings. The minimum Gasteiger partial charge on any atom is -0.453 e. The van der Waals surface area contributed by atoms with Crippen LogP contribution in [0.5, 0.6) is 0 Å². The van der Waals surface area contributed by atoms with Crippen LogP contribution in [0.25, 0.3) is 0 Å². The first-order chi connectivity index (χ1) is 7.60. The Hall–Kier alpha value is -1.32. The highest BCUT2D eigenvalue weighted by molar-refractivity contribution is 5.68. The molecule has 0 aromatic carbocycles. The smallest absolute Gasteiger partial charge is 0.407 e. The molecule has 0 heterocycles. The normalized spacial score (nSPS) is 26.5. The number of carbonyl (C=O) groups excluding carboxylic acids is 1. The van der Waals surface area contributed by atoms with Crippen LogP contribution in [-0.2, 0) is 4.74 Å². The van der Waals surface area contributed by atoms with E-state index in [1.165, 1.54) is 14.0 Å². The molecule has 1 rings (SSSR count). The summed E-state index contributed by atoms with van der Waals surface area (Å²) in [6.07, 6.45) is 3.83. The zero-order valence-electron chi connectivity index (χ0n) is 9.97. The number of halogens is 1. The standard InChI is InChI=1S/C12H18FNO2/c1-4-9-10(8(2)13)6-5-7-11(9)14-12(15)16-3/h4,11H,5-7H2,1-3H3,(H,14,15)/b9-4+,10-8+. The van der Waals surface area contributed by atoms with Crippen molar-refractivity contribution in [2.45, 2.75) is 39.2 Å². The SMILES string of the molecule is C/C=C1\C(=C(/C)F)CCCC1NC(=O)OC. The Kier molecular flexibility index (Phi) is 4.52. The molecular weight excluding hydrogens is 209 g/mol. The molecule has 1 N–H and O–H groups in total. The van der Waals surface area contributed by atoms with Crippen LogP contribution in [-0.4, -0.2) is 19.2 Å². The van der Waals surface area contributed by atoms with Gasteiger partial charge in [0.25, 0.3) is 0 Å². The number of carbonyl (C=O) groups is 1. The topological polar surface area (TPSA) is 38.3 Å². The van der Waals surface area contributed by atoms with Gasteiger partial charge in [-0.05, 0) is 44.3 Å². The van der Waals surface area contributed by atoms with Gasteiger partial charge in [0, 0.05) is 0 Å². The van der Waals surface area contributed by atoms with Gasteiger partial charge in [0.1, 0.15) is 5.83 Å². The highest BCUT2D eigenvalue weighted by atomic mass is 19.1. The van der Waals surface area contributed by atoms with Gasteiger partial charge < -0.3 is 10.1 Å². The molecule has 1 unspecified atom stereocenters. The third-order valence-electron chi connectivity index (χ3n) is 2.85. The number of hydrogen-bond acceptors (Lipinski definition) is 2. The summed E-state index contributed by atoms with van der Waals surface area (Å²) in [5, 5.41) is 2.72. The van der Waals surface area contributed by atoms with E-state index in [1.807, 2.05) is 13.0 Å². The summed E-state index contributed by atoms with van der Waals surface area (Å²) in [5.74, 6) is -0.163. The van der Waals surface area contributed by atoms with Crippen molar-refractivity contribution in [2.24, 2.45) is 0 Å². The molecule has 0 aromatic rings. The van der Waals surface area contributed by atoms with Crippen LogP contribution in [0.3, 0.4) is 0 Å². The molecule has 0 aliphatic heterocycles. The van der Waals surface area contributed by atoms with Crippen molar-refractivity contribution in [2.75, 3.05) is 7.11 Å². The van der Waals surface area contributed by atoms with Gasteiger partial charge in [0.05, 0.1) is 13.2 Å². The molecule has 4 heteroatoms. The summed E-state index contributed by atoms with van der Waals surface area (Å²) in [6, 6.07) is -0.133. The number of hydrogen-bond donors (Lipinski definition) is 1. The Bertz CT molecular complexity index is 330. The van der Waals surface area contributed by atoms with Crippen molar-refractivity contribution in [1.82, 2.24) is 5.32 Å². The fourth-order valence-electron chi connectivity index (χ4n) is 2.09. The van der Waals surface area contributed by atoms with E-state index in [1.54, 1.807) is 0 Å². The number of rotatable bonds is 1. The lowest BCUT2D eigenvalue weighted by molar-refractivity contribution is 0.167. The highest BCUT2D eigenvalue weighted by Gasteiger charge is 2.25. The molecule has 0 radical (unpaired) electrons. The summed E-state index contributed by atoms with van der Waals surface area (Å²) in [7, 11) is 1.32. The Balaban J connectivity index is 2.86. The second-order valence-corrected chi connectivity index (χ2v) is 3.84. The zero-order chi connectivity index (χ0) is 12.1. The quantitative estimate of drug-likeness (QED) is 0.747. The minimum atomic E-state index is -0.470. The van der Waals surface area contributed by atoms with Crippen LogP contribution in [0.4, 0.5) is 9.18 Å². The summed E-state index contributed by atoms with van der Waals surface area (Å²) in [5.41, 5.74) is 1.59. The average molecular weight is 227 g/mol. The van der Waals surface area contributed by atoms with Crippen molar-refractivity contribution in [3.05, 3.63) is 23.0 Å². The molecule has 0 bridgehead atoms. The third kappa shape index (κ3) is 2.84. The molecular formula is C12H18FNO2. The maximum absolute atomic E-state index is 13.3. The van der Waals surface area contributed by atoms with Crippen LogP contribution < -0.4 is 5.32 Å². The largest absolute Gasteiger partial charge is 0.453 e. The van der Waals surface area contributed by atoms with Gasteiger partial charge >= 0.3 is 6.09 Å². The van der Waals surface area contributed by atoms with Crippen LogP contribution in [0.2, 0.25) is 0 Å². The third-order valence-corrected chi connectivity index (χ3v) is 2.85. The number of nitrogens with one attached hydrogen (secondary N) is 1. The monoisotopic (exact) mass is 227 g/mol. The maximum Gasteiger partial charge on any atom is 0.407 e. The second-order valence-electron chi connectivity index (χ2n) is 3.84. The number of allylic oxidation sites excluding steroid dienone is 2. The van der Waals surface area contributed by atoms with Crippen molar-refractivity contribution in [3.63, 3.8) is 0 Å². The van der Waals surface area contributed by atoms with Crippen LogP contribution in [0.15, 0.2) is 23.0 Å². The van der Waals surface area contributed by atoms with Crippen molar-refractivity contribution >= 4 is 6.09 Å². The average Bonchev–Trinajstić information content (AvgIpc) is 2.28. The Labute approximate surface area is 95.4 Å². The van der Waals surface area contributed by atoms with Gasteiger partial charge in [-0.15, -0.1) is 0 Å². The molecule has 0 saturated heterocycles. The van der Waals surface area contributed by atoms with Gasteiger partial charge in [0.15, 0.2) is 0 Å². The molecule has 1 saturated carbocycles. The van der Waals surface area contributed by atoms with Crippen molar-refractivity contribution < 1.29 is 13.9 Å². The Morgan fingerprint density at radius 1 is 1.62 bits per heavy atom. The van der Waals surface area contributed by atoms with Crippen molar-refractivity contribution in [3.8, 4) is 0 Å². The molecule has 0 aromatic heterocycles. The van der Waals surface area contributed by atoms with Gasteiger partial charge in [-0.3, -0.25) is 0 Å². The first kappa shape index (κ1) is 12.7. The van der Waals surface area contributed by atoms with E-state index in [0.29, 0.717) is 0 Å². The van der Waals surface area contributed by atoms with Gasteiger partial charge in [-0.2, -0.15) is 0 Å². The van der Waals surface area contributed by atoms with E-state index in [0.717, 1.165) is 30.4 Å². The lowest BCUT2D eigenvalue weighted by atomic mass is 9.85. The van der Waals surface area contributed by atoms with Gasteiger partial charge in [0.2, 0.25) is 0 Å². The zero-order valence-corrected chi connectivity index (χ0v) is 9.97. The van der Waals surface area contributed by atoms with Crippen molar-refractivity contribution in [1.29, 1.82) is 0 Å². The molecule has 1 amide bonds. The fraction of sp³-hybridized carbons (Fsp3) is 0.583. The molecule has 0 spiro atoms. The maximum atomic E-state index is 13.3. The lowest BCUT2D eigenvalue weighted by Gasteiger charge is -2.28. The number of amides is 1. The Morgan fingerprint density at radius 3 is 2.81 bits per heavy atom. The summed E-state index contributed by atoms with van der Waals surface area (Å²) >= 11 is 0. The number of methoxy groups -OCH3 is 1. The molecule has 1 aliphatic carbocycles. The molecule has 1 aliphatic rings. The number of alkyl carbamates (subject to hydrolysis) is 1. The van der Waals surface area contributed by atoms with E-state index in [2.05, 4.69) is 10.1 Å². The summed E-state index contributed by atoms with van der Waals surface area (Å²) in [6.45, 7) is 3.31. The summed E-state index contributed by atoms with van der Waals surface area (Å²) < 4.78 is 17.9. The highest BCUT2D eigenvalue weighted by Crippen LogP contribution is 2.31. The second kappa shape index (κ2) is 5.68. The summed E-state index contributed by atoms with van der Waals surface area (Å²) in [4.78, 5) is 11.1. The van der Waals surface area contributed by atoms with E-state index in [-0.39, 0.29) is 11.9 Å². The van der Waals surface area contributed by atoms with E-state index >= 15 is 0 Å².